The van der Waals surface area contributed by atoms with Gasteiger partial charge in [0.05, 0.1) is 32.0 Å². The molecule has 0 radical (unpaired) electrons. The van der Waals surface area contributed by atoms with Crippen molar-refractivity contribution < 1.29 is 64.6 Å². The number of aliphatic hydroxyl groups excluding tert-OH is 8. The molecule has 0 bridgehead atoms. The van der Waals surface area contributed by atoms with Crippen LogP contribution in [0.4, 0.5) is 0 Å². The lowest BCUT2D eigenvalue weighted by molar-refractivity contribution is -0.359. The van der Waals surface area contributed by atoms with Gasteiger partial charge in [-0.15, -0.1) is 0 Å². The summed E-state index contributed by atoms with van der Waals surface area (Å²) >= 11 is 0. The van der Waals surface area contributed by atoms with Crippen LogP contribution in [0.1, 0.15) is 264 Å². The molecule has 0 aromatic rings. The smallest absolute Gasteiger partial charge is 0.220 e. The molecule has 14 heteroatoms. The predicted molar refractivity (Wildman–Crippen MR) is 382 cm³/mol. The first-order valence-electron chi connectivity index (χ1n) is 36.9. The van der Waals surface area contributed by atoms with Crippen molar-refractivity contribution >= 4 is 5.91 Å². The van der Waals surface area contributed by atoms with Crippen LogP contribution in [0, 0.1) is 0 Å². The molecule has 0 spiro atoms. The van der Waals surface area contributed by atoms with Gasteiger partial charge in [-0.1, -0.05) is 282 Å². The number of allylic oxidation sites excluding steroid dienone is 21. The third-order valence-electron chi connectivity index (χ3n) is 17.0. The highest BCUT2D eigenvalue weighted by Crippen LogP contribution is 2.30. The molecule has 0 aliphatic carbocycles. The lowest BCUT2D eigenvalue weighted by Gasteiger charge is -2.46. The Kier molecular flexibility index (Phi) is 56.5. The van der Waals surface area contributed by atoms with Crippen LogP contribution in [0.25, 0.3) is 0 Å². The molecular weight excluding hydrogens is 1170 g/mol. The molecule has 532 valence electrons. The van der Waals surface area contributed by atoms with E-state index in [1.807, 2.05) is 6.08 Å². The van der Waals surface area contributed by atoms with E-state index in [9.17, 15) is 45.6 Å². The fourth-order valence-electron chi connectivity index (χ4n) is 11.2. The van der Waals surface area contributed by atoms with Gasteiger partial charge < -0.3 is 65.1 Å². The second kappa shape index (κ2) is 61.7. The van der Waals surface area contributed by atoms with Crippen LogP contribution in [-0.2, 0) is 23.7 Å². The maximum absolute atomic E-state index is 13.3. The van der Waals surface area contributed by atoms with Crippen LogP contribution >= 0.6 is 0 Å². The lowest BCUT2D eigenvalue weighted by Crippen LogP contribution is -2.65. The van der Waals surface area contributed by atoms with E-state index in [2.05, 4.69) is 141 Å². The lowest BCUT2D eigenvalue weighted by atomic mass is 9.97. The summed E-state index contributed by atoms with van der Waals surface area (Å²) < 4.78 is 22.8. The third kappa shape index (κ3) is 45.3. The van der Waals surface area contributed by atoms with E-state index < -0.39 is 86.8 Å². The summed E-state index contributed by atoms with van der Waals surface area (Å²) in [5, 5.41) is 87.5. The highest BCUT2D eigenvalue weighted by molar-refractivity contribution is 5.76. The van der Waals surface area contributed by atoms with Gasteiger partial charge in [0.25, 0.3) is 0 Å². The molecule has 2 rings (SSSR count). The van der Waals surface area contributed by atoms with Crippen LogP contribution in [-0.4, -0.2) is 140 Å². The molecule has 0 aromatic heterocycles. The number of carbonyl (C=O) groups is 1. The Labute approximate surface area is 564 Å². The molecular formula is C79H133NO13. The molecule has 12 unspecified atom stereocenters. The number of ether oxygens (including phenoxy) is 4. The summed E-state index contributed by atoms with van der Waals surface area (Å²) in [5.74, 6) is -0.262. The first-order chi connectivity index (χ1) is 45.6. The first-order valence-corrected chi connectivity index (χ1v) is 36.9. The molecule has 2 heterocycles. The average Bonchev–Trinajstić information content (AvgIpc) is 0.854. The fourth-order valence-corrected chi connectivity index (χ4v) is 11.2. The van der Waals surface area contributed by atoms with Crippen molar-refractivity contribution in [1.82, 2.24) is 5.32 Å². The number of aliphatic hydroxyl groups is 8. The van der Waals surface area contributed by atoms with Crippen molar-refractivity contribution in [1.29, 1.82) is 0 Å². The van der Waals surface area contributed by atoms with Gasteiger partial charge in [-0.25, -0.2) is 0 Å². The van der Waals surface area contributed by atoms with Gasteiger partial charge in [0.15, 0.2) is 12.6 Å². The van der Waals surface area contributed by atoms with E-state index in [0.29, 0.717) is 12.8 Å². The average molecular weight is 1300 g/mol. The van der Waals surface area contributed by atoms with Gasteiger partial charge in [-0.3, -0.25) is 4.79 Å². The van der Waals surface area contributed by atoms with Gasteiger partial charge in [0, 0.05) is 6.42 Å². The minimum Gasteiger partial charge on any atom is -0.394 e. The number of carbonyl (C=O) groups excluding carboxylic acids is 1. The maximum atomic E-state index is 13.3. The van der Waals surface area contributed by atoms with Gasteiger partial charge >= 0.3 is 0 Å². The highest BCUT2D eigenvalue weighted by Gasteiger charge is 2.51. The molecule has 93 heavy (non-hydrogen) atoms. The van der Waals surface area contributed by atoms with Crippen LogP contribution in [0.5, 0.6) is 0 Å². The molecule has 12 atom stereocenters. The normalized spacial score (nSPS) is 23.4. The minimum absolute atomic E-state index is 0.256. The first kappa shape index (κ1) is 85.2. The molecule has 2 aliphatic heterocycles. The fraction of sp³-hybridized carbons (Fsp3) is 0.709. The SMILES string of the molecule is CC/C=C\C/C=C\C/C=C\C/C=C\C/C=C\C/C=C\C/C=C\C/C=C\CCCCCCCCCCCCC(=O)NC(COC1OC(CO)C(OC2OC(CO)C(O)C(O)C2O)C(O)C1O)C(O)/C=C/CC/C=C/CC/C=C/CCCCCCCCCCCCCCCC. The zero-order chi connectivity index (χ0) is 67.3. The van der Waals surface area contributed by atoms with E-state index in [1.165, 1.54) is 128 Å². The molecule has 2 fully saturated rings. The Morgan fingerprint density at radius 1 is 0.398 bits per heavy atom. The number of hydrogen-bond acceptors (Lipinski definition) is 13. The predicted octanol–water partition coefficient (Wildman–Crippen LogP) is 15.8. The zero-order valence-electron chi connectivity index (χ0n) is 57.9. The van der Waals surface area contributed by atoms with Crippen molar-refractivity contribution in [2.75, 3.05) is 19.8 Å². The molecule has 0 saturated carbocycles. The zero-order valence-corrected chi connectivity index (χ0v) is 57.9. The van der Waals surface area contributed by atoms with Crippen LogP contribution in [0.15, 0.2) is 134 Å². The molecule has 14 nitrogen and oxygen atoms in total. The standard InChI is InChI=1S/C79H133NO13/c1-3-5-7-9-11-13-15-17-19-21-23-25-27-29-30-31-32-33-34-35-36-37-38-39-41-43-45-47-49-51-53-55-57-59-61-63-71(84)80-67(66-90-78-76(89)74(87)77(70(65-82)92-78)93-79-75(88)73(86)72(85)69(64-81)91-79)68(83)62-60-58-56-54-52-50-48-46-44-42-40-28-26-24-22-20-18-16-14-12-10-8-6-4-2/h5,7,11,13,17,19,23,25,29-30,32-33,35-36,38-39,44,46,52,54,60,62,67-70,72-79,81-83,85-89H,3-4,6,8-10,12,14-16,18,20-22,24,26-28,31,34,37,40-43,45,47-51,53,55-59,61,63-66H2,1-2H3,(H,80,84)/b7-5-,13-11-,19-17-,25-23-,30-29-,33-32-,36-35-,39-38-,46-44+,54-52+,62-60+. The third-order valence-corrected chi connectivity index (χ3v) is 17.0. The van der Waals surface area contributed by atoms with Crippen molar-refractivity contribution in [2.45, 2.75) is 338 Å². The van der Waals surface area contributed by atoms with E-state index in [4.69, 9.17) is 18.9 Å². The number of rotatable bonds is 59. The second-order valence-electron chi connectivity index (χ2n) is 25.3. The highest BCUT2D eigenvalue weighted by atomic mass is 16.7. The molecule has 0 aromatic carbocycles. The summed E-state index contributed by atoms with van der Waals surface area (Å²) in [6, 6.07) is -0.951. The van der Waals surface area contributed by atoms with E-state index in [0.717, 1.165) is 103 Å². The van der Waals surface area contributed by atoms with Crippen molar-refractivity contribution in [3.63, 3.8) is 0 Å². The summed E-state index contributed by atoms with van der Waals surface area (Å²) in [4.78, 5) is 13.3. The number of amides is 1. The molecule has 9 N–H and O–H groups in total. The van der Waals surface area contributed by atoms with Gasteiger partial charge in [0.2, 0.25) is 5.91 Å². The van der Waals surface area contributed by atoms with Gasteiger partial charge in [0.1, 0.15) is 48.8 Å². The van der Waals surface area contributed by atoms with E-state index in [1.54, 1.807) is 6.08 Å². The second-order valence-corrected chi connectivity index (χ2v) is 25.3. The Morgan fingerprint density at radius 3 is 1.18 bits per heavy atom. The Morgan fingerprint density at radius 2 is 0.753 bits per heavy atom. The number of unbranched alkanes of at least 4 members (excludes halogenated alkanes) is 26. The minimum atomic E-state index is -1.80. The number of hydrogen-bond donors (Lipinski definition) is 9. The maximum Gasteiger partial charge on any atom is 0.220 e. The van der Waals surface area contributed by atoms with Crippen LogP contribution in [0.2, 0.25) is 0 Å². The summed E-state index contributed by atoms with van der Waals surface area (Å²) in [7, 11) is 0. The molecule has 2 saturated heterocycles. The van der Waals surface area contributed by atoms with Crippen LogP contribution < -0.4 is 5.32 Å². The Balaban J connectivity index is 1.68. The quantitative estimate of drug-likeness (QED) is 0.0204. The topological polar surface area (TPSA) is 228 Å². The van der Waals surface area contributed by atoms with Crippen molar-refractivity contribution in [3.8, 4) is 0 Å². The number of nitrogens with one attached hydrogen (secondary N) is 1. The summed E-state index contributed by atoms with van der Waals surface area (Å²) in [6.45, 7) is 2.67. The van der Waals surface area contributed by atoms with Crippen molar-refractivity contribution in [3.05, 3.63) is 134 Å². The largest absolute Gasteiger partial charge is 0.394 e. The molecule has 2 aliphatic rings. The van der Waals surface area contributed by atoms with Crippen LogP contribution in [0.3, 0.4) is 0 Å². The monoisotopic (exact) mass is 1300 g/mol. The summed E-state index contributed by atoms with van der Waals surface area (Å²) in [6.07, 6.45) is 75.0. The van der Waals surface area contributed by atoms with Gasteiger partial charge in [-0.05, 0) is 109 Å². The van der Waals surface area contributed by atoms with E-state index in [-0.39, 0.29) is 18.9 Å². The van der Waals surface area contributed by atoms with E-state index >= 15 is 0 Å². The van der Waals surface area contributed by atoms with Gasteiger partial charge in [-0.2, -0.15) is 0 Å². The van der Waals surface area contributed by atoms with Crippen molar-refractivity contribution in [2.24, 2.45) is 0 Å². The Hall–Kier alpha value is -3.87. The summed E-state index contributed by atoms with van der Waals surface area (Å²) in [5.41, 5.74) is 0. The Bertz CT molecular complexity index is 2070. The molecule has 1 amide bonds.